The van der Waals surface area contributed by atoms with E-state index in [2.05, 4.69) is 24.1 Å². The lowest BCUT2D eigenvalue weighted by Crippen LogP contribution is -2.40. The van der Waals surface area contributed by atoms with Gasteiger partial charge in [-0.1, -0.05) is 37.6 Å². The highest BCUT2D eigenvalue weighted by Crippen LogP contribution is 2.31. The maximum atomic E-state index is 12.1. The number of rotatable bonds is 6. The molecule has 0 spiro atoms. The van der Waals surface area contributed by atoms with E-state index in [0.29, 0.717) is 12.2 Å². The van der Waals surface area contributed by atoms with Gasteiger partial charge in [0.15, 0.2) is 0 Å². The van der Waals surface area contributed by atoms with Crippen LogP contribution < -0.4 is 5.32 Å². The Balaban J connectivity index is 2.14. The highest BCUT2D eigenvalue weighted by molar-refractivity contribution is 7.07. The van der Waals surface area contributed by atoms with E-state index >= 15 is 0 Å². The van der Waals surface area contributed by atoms with Crippen molar-refractivity contribution < 1.29 is 4.79 Å². The molecule has 0 bridgehead atoms. The van der Waals surface area contributed by atoms with Crippen LogP contribution >= 0.6 is 22.9 Å². The molecule has 2 rings (SSSR count). The number of halogens is 1. The van der Waals surface area contributed by atoms with E-state index in [4.69, 9.17) is 11.6 Å². The first kappa shape index (κ1) is 16.0. The minimum Gasteiger partial charge on any atom is -0.350 e. The highest BCUT2D eigenvalue weighted by Gasteiger charge is 2.29. The van der Waals surface area contributed by atoms with Gasteiger partial charge in [-0.2, -0.15) is 0 Å². The van der Waals surface area contributed by atoms with Gasteiger partial charge in [-0.05, 0) is 30.5 Å². The second-order valence-electron chi connectivity index (χ2n) is 5.05. The van der Waals surface area contributed by atoms with Crippen LogP contribution in [0.25, 0.3) is 0 Å². The summed E-state index contributed by atoms with van der Waals surface area (Å²) in [6, 6.07) is 7.90. The van der Waals surface area contributed by atoms with Gasteiger partial charge < -0.3 is 5.32 Å². The molecule has 5 heteroatoms. The third kappa shape index (κ3) is 3.63. The highest BCUT2D eigenvalue weighted by atomic mass is 35.5. The normalized spacial score (nSPS) is 11.4. The molecule has 0 saturated carbocycles. The number of hydrogen-bond acceptors (Lipinski definition) is 3. The molecule has 0 saturated heterocycles. The summed E-state index contributed by atoms with van der Waals surface area (Å²) in [5.41, 5.74) is 3.28. The Morgan fingerprint density at radius 3 is 2.48 bits per heavy atom. The molecule has 0 aliphatic rings. The number of carbonyl (C=O) groups is 1. The Morgan fingerprint density at radius 1 is 1.29 bits per heavy atom. The smallest absolute Gasteiger partial charge is 0.270 e. The number of amides is 1. The molecule has 0 aliphatic heterocycles. The molecule has 1 aromatic heterocycles. The summed E-state index contributed by atoms with van der Waals surface area (Å²) in [6.07, 6.45) is 1.89. The summed E-state index contributed by atoms with van der Waals surface area (Å²) < 4.78 is 0. The summed E-state index contributed by atoms with van der Waals surface area (Å²) in [7, 11) is 0. The predicted octanol–water partition coefficient (Wildman–Crippen LogP) is 4.28. The van der Waals surface area contributed by atoms with Crippen LogP contribution in [0.15, 0.2) is 35.2 Å². The lowest BCUT2D eigenvalue weighted by atomic mass is 9.76. The fourth-order valence-electron chi connectivity index (χ4n) is 2.48. The van der Waals surface area contributed by atoms with Crippen LogP contribution in [-0.4, -0.2) is 17.4 Å². The fraction of sp³-hybridized carbons (Fsp3) is 0.375. The minimum atomic E-state index is -0.114. The molecule has 21 heavy (non-hydrogen) atoms. The van der Waals surface area contributed by atoms with Gasteiger partial charge in [-0.15, -0.1) is 11.3 Å². The average Bonchev–Trinajstić information content (AvgIpc) is 3.04. The van der Waals surface area contributed by atoms with Gasteiger partial charge in [-0.3, -0.25) is 4.79 Å². The van der Waals surface area contributed by atoms with Gasteiger partial charge in [0.1, 0.15) is 5.69 Å². The van der Waals surface area contributed by atoms with E-state index in [0.717, 1.165) is 17.9 Å². The van der Waals surface area contributed by atoms with E-state index in [1.165, 1.54) is 16.9 Å². The van der Waals surface area contributed by atoms with Gasteiger partial charge >= 0.3 is 0 Å². The van der Waals surface area contributed by atoms with Crippen molar-refractivity contribution in [1.29, 1.82) is 0 Å². The van der Waals surface area contributed by atoms with Crippen LogP contribution in [0.2, 0.25) is 5.02 Å². The topological polar surface area (TPSA) is 42.0 Å². The van der Waals surface area contributed by atoms with E-state index < -0.39 is 0 Å². The Morgan fingerprint density at radius 2 is 1.95 bits per heavy atom. The molecule has 0 atom stereocenters. The second kappa shape index (κ2) is 7.05. The van der Waals surface area contributed by atoms with Gasteiger partial charge in [0.2, 0.25) is 0 Å². The predicted molar refractivity (Wildman–Crippen MR) is 88.2 cm³/mol. The van der Waals surface area contributed by atoms with Crippen LogP contribution in [0.1, 0.15) is 42.7 Å². The number of nitrogens with one attached hydrogen (secondary N) is 1. The van der Waals surface area contributed by atoms with Crippen LogP contribution in [0.4, 0.5) is 0 Å². The van der Waals surface area contributed by atoms with E-state index in [1.807, 2.05) is 24.3 Å². The van der Waals surface area contributed by atoms with Crippen molar-refractivity contribution >= 4 is 28.8 Å². The number of benzene rings is 1. The standard InChI is InChI=1S/C16H19ClN2OS/c1-3-16(4-2,12-5-7-13(17)8-6-12)10-18-15(20)14-9-21-11-19-14/h5-9,11H,3-4,10H2,1-2H3,(H,18,20). The number of nitrogens with zero attached hydrogens (tertiary/aromatic N) is 1. The molecule has 1 N–H and O–H groups in total. The maximum absolute atomic E-state index is 12.1. The van der Waals surface area contributed by atoms with Gasteiger partial charge in [0, 0.05) is 22.4 Å². The number of carbonyl (C=O) groups excluding carboxylic acids is 1. The molecular formula is C16H19ClN2OS. The first-order valence-electron chi connectivity index (χ1n) is 7.03. The SMILES string of the molecule is CCC(CC)(CNC(=O)c1cscn1)c1ccc(Cl)cc1. The van der Waals surface area contributed by atoms with Crippen molar-refractivity contribution in [2.75, 3.05) is 6.54 Å². The van der Waals surface area contributed by atoms with Crippen molar-refractivity contribution in [1.82, 2.24) is 10.3 Å². The van der Waals surface area contributed by atoms with Crippen molar-refractivity contribution in [3.05, 3.63) is 51.4 Å². The molecule has 2 aromatic rings. The van der Waals surface area contributed by atoms with Crippen molar-refractivity contribution in [2.24, 2.45) is 0 Å². The zero-order valence-electron chi connectivity index (χ0n) is 12.2. The third-order valence-electron chi connectivity index (χ3n) is 4.06. The first-order chi connectivity index (χ1) is 10.1. The average molecular weight is 323 g/mol. The number of aromatic nitrogens is 1. The molecule has 0 radical (unpaired) electrons. The summed E-state index contributed by atoms with van der Waals surface area (Å²) in [5.74, 6) is -0.114. The van der Waals surface area contributed by atoms with Crippen LogP contribution in [0.3, 0.4) is 0 Å². The van der Waals surface area contributed by atoms with E-state index in [1.54, 1.807) is 10.9 Å². The van der Waals surface area contributed by atoms with Gasteiger partial charge in [0.05, 0.1) is 5.51 Å². The summed E-state index contributed by atoms with van der Waals surface area (Å²) in [4.78, 5) is 16.1. The maximum Gasteiger partial charge on any atom is 0.270 e. The van der Waals surface area contributed by atoms with E-state index in [-0.39, 0.29) is 11.3 Å². The molecule has 3 nitrogen and oxygen atoms in total. The number of thiazole rings is 1. The van der Waals surface area contributed by atoms with Crippen molar-refractivity contribution in [3.63, 3.8) is 0 Å². The molecule has 112 valence electrons. The van der Waals surface area contributed by atoms with Gasteiger partial charge in [0.25, 0.3) is 5.91 Å². The van der Waals surface area contributed by atoms with Gasteiger partial charge in [-0.25, -0.2) is 4.98 Å². The lowest BCUT2D eigenvalue weighted by molar-refractivity contribution is 0.0937. The molecule has 1 heterocycles. The third-order valence-corrected chi connectivity index (χ3v) is 4.90. The largest absolute Gasteiger partial charge is 0.350 e. The number of hydrogen-bond donors (Lipinski definition) is 1. The molecule has 0 unspecified atom stereocenters. The molecule has 1 aromatic carbocycles. The molecule has 0 aliphatic carbocycles. The van der Waals surface area contributed by atoms with Crippen molar-refractivity contribution in [2.45, 2.75) is 32.1 Å². The Labute approximate surface area is 134 Å². The van der Waals surface area contributed by atoms with Crippen LogP contribution in [0, 0.1) is 0 Å². The van der Waals surface area contributed by atoms with Crippen LogP contribution in [-0.2, 0) is 5.41 Å². The summed E-state index contributed by atoms with van der Waals surface area (Å²) in [5, 5.41) is 5.50. The molecule has 1 amide bonds. The minimum absolute atomic E-state index is 0.0731. The Kier molecular flexibility index (Phi) is 5.37. The monoisotopic (exact) mass is 322 g/mol. The fourth-order valence-corrected chi connectivity index (χ4v) is 3.14. The van der Waals surface area contributed by atoms with E-state index in [9.17, 15) is 4.79 Å². The zero-order chi connectivity index (χ0) is 15.3. The molecule has 0 fully saturated rings. The quantitative estimate of drug-likeness (QED) is 0.862. The second-order valence-corrected chi connectivity index (χ2v) is 6.21. The molecular weight excluding hydrogens is 304 g/mol. The van der Waals surface area contributed by atoms with Crippen LogP contribution in [0.5, 0.6) is 0 Å². The summed E-state index contributed by atoms with van der Waals surface area (Å²) in [6.45, 7) is 4.89. The Bertz CT molecular complexity index is 577. The lowest BCUT2D eigenvalue weighted by Gasteiger charge is -2.32. The first-order valence-corrected chi connectivity index (χ1v) is 8.36. The van der Waals surface area contributed by atoms with Crippen molar-refractivity contribution in [3.8, 4) is 0 Å². The summed E-state index contributed by atoms with van der Waals surface area (Å²) >= 11 is 7.39. The zero-order valence-corrected chi connectivity index (χ0v) is 13.8. The Hall–Kier alpha value is -1.39.